The number of nitrogens with zero attached hydrogens (tertiary/aromatic N) is 3. The smallest absolute Gasteiger partial charge is 0.225 e. The van der Waals surface area contributed by atoms with Gasteiger partial charge in [0, 0.05) is 18.1 Å². The van der Waals surface area contributed by atoms with Crippen LogP contribution in [0.15, 0.2) is 29.2 Å². The highest BCUT2D eigenvalue weighted by Gasteiger charge is 2.29. The predicted octanol–water partition coefficient (Wildman–Crippen LogP) is 4.40. The molecule has 28 heavy (non-hydrogen) atoms. The summed E-state index contributed by atoms with van der Waals surface area (Å²) in [7, 11) is -3.24. The fraction of sp³-hybridized carbons (Fsp3) is 0.524. The average Bonchev–Trinajstić information content (AvgIpc) is 2.65. The summed E-state index contributed by atoms with van der Waals surface area (Å²) in [5.74, 6) is 0.863. The summed E-state index contributed by atoms with van der Waals surface area (Å²) < 4.78 is 24.8. The topological polar surface area (TPSA) is 63.2 Å². The maximum atomic E-state index is 12.4. The van der Waals surface area contributed by atoms with E-state index in [0.717, 1.165) is 43.8 Å². The van der Waals surface area contributed by atoms with Gasteiger partial charge in [0.2, 0.25) is 5.95 Å². The molecule has 0 amide bonds. The molecule has 7 heteroatoms. The van der Waals surface area contributed by atoms with Gasteiger partial charge in [-0.25, -0.2) is 18.4 Å². The molecule has 1 aromatic heterocycles. The van der Waals surface area contributed by atoms with E-state index in [1.54, 1.807) is 6.92 Å². The fourth-order valence-electron chi connectivity index (χ4n) is 3.64. The van der Waals surface area contributed by atoms with E-state index in [1.165, 1.54) is 5.56 Å². The lowest BCUT2D eigenvalue weighted by atomic mass is 10.1. The zero-order valence-corrected chi connectivity index (χ0v) is 18.2. The van der Waals surface area contributed by atoms with Crippen LogP contribution in [0.1, 0.15) is 49.6 Å². The largest absolute Gasteiger partial charge is 0.341 e. The Bertz CT molecular complexity index is 914. The van der Waals surface area contributed by atoms with E-state index in [0.29, 0.717) is 35.1 Å². The predicted molar refractivity (Wildman–Crippen MR) is 114 cm³/mol. The Morgan fingerprint density at radius 2 is 1.82 bits per heavy atom. The lowest BCUT2D eigenvalue weighted by Gasteiger charge is -2.25. The van der Waals surface area contributed by atoms with Crippen molar-refractivity contribution in [2.45, 2.75) is 57.3 Å². The summed E-state index contributed by atoms with van der Waals surface area (Å²) >= 11 is 5.96. The number of fused-ring (bicyclic) bond motifs is 1. The van der Waals surface area contributed by atoms with Crippen molar-refractivity contribution in [2.75, 3.05) is 23.7 Å². The van der Waals surface area contributed by atoms with Gasteiger partial charge in [-0.05, 0) is 56.7 Å². The second-order valence-corrected chi connectivity index (χ2v) is 9.86. The molecule has 0 radical (unpaired) electrons. The fourth-order valence-corrected chi connectivity index (χ4v) is 5.50. The number of benzene rings is 1. The third kappa shape index (κ3) is 5.03. The number of aromatic nitrogens is 2. The number of sulfone groups is 1. The molecule has 0 N–H and O–H groups in total. The summed E-state index contributed by atoms with van der Waals surface area (Å²) in [5, 5.41) is 0.751. The van der Waals surface area contributed by atoms with Gasteiger partial charge in [-0.2, -0.15) is 0 Å². The van der Waals surface area contributed by atoms with Crippen molar-refractivity contribution in [1.29, 1.82) is 0 Å². The number of halogens is 1. The lowest BCUT2D eigenvalue weighted by Crippen LogP contribution is -2.30. The summed E-state index contributed by atoms with van der Waals surface area (Å²) in [6.07, 6.45) is 5.42. The van der Waals surface area contributed by atoms with E-state index < -0.39 is 9.84 Å². The Morgan fingerprint density at radius 1 is 1.11 bits per heavy atom. The molecule has 0 bridgehead atoms. The monoisotopic (exact) mass is 421 g/mol. The molecule has 1 aromatic carbocycles. The Balaban J connectivity index is 1.77. The van der Waals surface area contributed by atoms with Crippen molar-refractivity contribution in [1.82, 2.24) is 9.97 Å². The molecular weight excluding hydrogens is 394 g/mol. The minimum absolute atomic E-state index is 0.199. The van der Waals surface area contributed by atoms with Gasteiger partial charge in [-0.15, -0.1) is 0 Å². The van der Waals surface area contributed by atoms with Crippen LogP contribution in [0.3, 0.4) is 0 Å². The van der Waals surface area contributed by atoms with Crippen LogP contribution >= 0.6 is 11.6 Å². The third-order valence-corrected chi connectivity index (χ3v) is 7.33. The first kappa shape index (κ1) is 21.1. The molecule has 2 heterocycles. The normalized spacial score (nSPS) is 15.2. The van der Waals surface area contributed by atoms with Crippen LogP contribution in [0.2, 0.25) is 5.02 Å². The molecule has 0 saturated carbocycles. The van der Waals surface area contributed by atoms with Gasteiger partial charge in [0.05, 0.1) is 17.1 Å². The Hall–Kier alpha value is -1.66. The van der Waals surface area contributed by atoms with Crippen LogP contribution in [-0.2, 0) is 22.7 Å². The number of aryl methyl sites for hydroxylation is 3. The molecule has 3 rings (SSSR count). The first-order chi connectivity index (χ1) is 13.4. The van der Waals surface area contributed by atoms with Crippen molar-refractivity contribution in [2.24, 2.45) is 0 Å². The van der Waals surface area contributed by atoms with E-state index in [4.69, 9.17) is 11.6 Å². The molecule has 2 aromatic rings. The van der Waals surface area contributed by atoms with Crippen molar-refractivity contribution in [3.05, 3.63) is 46.2 Å². The molecule has 152 valence electrons. The SMILES string of the molecule is CCCCN(CCCc1ccc(Cl)cc1)c1nc(C)c2c(n1)CCCS2(=O)=O. The van der Waals surface area contributed by atoms with Gasteiger partial charge >= 0.3 is 0 Å². The second-order valence-electron chi connectivity index (χ2n) is 7.38. The summed E-state index contributed by atoms with van der Waals surface area (Å²) in [4.78, 5) is 11.8. The highest BCUT2D eigenvalue weighted by Crippen LogP contribution is 2.28. The number of hydrogen-bond acceptors (Lipinski definition) is 5. The molecule has 1 aliphatic heterocycles. The first-order valence-electron chi connectivity index (χ1n) is 10.0. The van der Waals surface area contributed by atoms with Gasteiger partial charge < -0.3 is 4.90 Å². The minimum atomic E-state index is -3.24. The van der Waals surface area contributed by atoms with Crippen molar-refractivity contribution >= 4 is 27.4 Å². The van der Waals surface area contributed by atoms with E-state index in [2.05, 4.69) is 33.9 Å². The Kier molecular flexibility index (Phi) is 6.94. The maximum absolute atomic E-state index is 12.4. The number of hydrogen-bond donors (Lipinski definition) is 0. The summed E-state index contributed by atoms with van der Waals surface area (Å²) in [6, 6.07) is 7.95. The molecule has 5 nitrogen and oxygen atoms in total. The minimum Gasteiger partial charge on any atom is -0.341 e. The highest BCUT2D eigenvalue weighted by atomic mass is 35.5. The Morgan fingerprint density at radius 3 is 2.54 bits per heavy atom. The van der Waals surface area contributed by atoms with Crippen LogP contribution in [0, 0.1) is 6.92 Å². The molecule has 0 fully saturated rings. The molecule has 0 atom stereocenters. The highest BCUT2D eigenvalue weighted by molar-refractivity contribution is 7.91. The van der Waals surface area contributed by atoms with Gasteiger partial charge in [0.15, 0.2) is 9.84 Å². The zero-order chi connectivity index (χ0) is 20.1. The number of rotatable bonds is 8. The van der Waals surface area contributed by atoms with Gasteiger partial charge in [0.1, 0.15) is 4.90 Å². The molecule has 0 saturated heterocycles. The third-order valence-electron chi connectivity index (χ3n) is 5.10. The van der Waals surface area contributed by atoms with Gasteiger partial charge in [0.25, 0.3) is 0 Å². The molecule has 0 unspecified atom stereocenters. The van der Waals surface area contributed by atoms with E-state index >= 15 is 0 Å². The van der Waals surface area contributed by atoms with Crippen LogP contribution in [-0.4, -0.2) is 37.2 Å². The summed E-state index contributed by atoms with van der Waals surface area (Å²) in [5.41, 5.74) is 2.53. The van der Waals surface area contributed by atoms with E-state index in [-0.39, 0.29) is 5.75 Å². The molecule has 1 aliphatic rings. The van der Waals surface area contributed by atoms with Crippen LogP contribution < -0.4 is 4.90 Å². The Labute approximate surface area is 173 Å². The van der Waals surface area contributed by atoms with Crippen molar-refractivity contribution in [3.63, 3.8) is 0 Å². The van der Waals surface area contributed by atoms with Gasteiger partial charge in [-0.3, -0.25) is 0 Å². The summed E-state index contributed by atoms with van der Waals surface area (Å²) in [6.45, 7) is 5.67. The quantitative estimate of drug-likeness (QED) is 0.632. The zero-order valence-electron chi connectivity index (χ0n) is 16.6. The van der Waals surface area contributed by atoms with Crippen molar-refractivity contribution < 1.29 is 8.42 Å². The molecular formula is C21H28ClN3O2S. The van der Waals surface area contributed by atoms with Crippen LogP contribution in [0.4, 0.5) is 5.95 Å². The first-order valence-corrected chi connectivity index (χ1v) is 12.0. The maximum Gasteiger partial charge on any atom is 0.225 e. The second kappa shape index (κ2) is 9.23. The van der Waals surface area contributed by atoms with E-state index in [9.17, 15) is 8.42 Å². The number of anilines is 1. The van der Waals surface area contributed by atoms with Gasteiger partial charge in [-0.1, -0.05) is 37.1 Å². The van der Waals surface area contributed by atoms with Crippen LogP contribution in [0.25, 0.3) is 0 Å². The number of unbranched alkanes of at least 4 members (excludes halogenated alkanes) is 1. The van der Waals surface area contributed by atoms with Crippen LogP contribution in [0.5, 0.6) is 0 Å². The molecule has 0 aliphatic carbocycles. The van der Waals surface area contributed by atoms with Crippen molar-refractivity contribution in [3.8, 4) is 0 Å². The molecule has 0 spiro atoms. The van der Waals surface area contributed by atoms with E-state index in [1.807, 2.05) is 12.1 Å². The average molecular weight is 422 g/mol. The standard InChI is InChI=1S/C21H28ClN3O2S/c1-3-4-13-25(14-5-7-17-9-11-18(22)12-10-17)21-23-16(2)20-19(24-21)8-6-15-28(20,26)27/h9-12H,3-8,13-15H2,1-2H3. The lowest BCUT2D eigenvalue weighted by molar-refractivity contribution is 0.580.